The zero-order valence-corrected chi connectivity index (χ0v) is 16.9. The quantitative estimate of drug-likeness (QED) is 0.217. The second-order valence-electron chi connectivity index (χ2n) is 5.20. The molecule has 5 nitrogen and oxygen atoms in total. The van der Waals surface area contributed by atoms with Gasteiger partial charge in [-0.1, -0.05) is 71.3 Å². The van der Waals surface area contributed by atoms with E-state index in [0.29, 0.717) is 6.42 Å². The normalized spacial score (nSPS) is 10.8. The Morgan fingerprint density at radius 2 is 1.50 bits per heavy atom. The summed E-state index contributed by atoms with van der Waals surface area (Å²) < 4.78 is 27.2. The molecule has 0 bridgehead atoms. The molecule has 0 aliphatic carbocycles. The fourth-order valence-corrected chi connectivity index (χ4v) is 2.80. The number of hydrogen-bond donors (Lipinski definition) is 1. The smallest absolute Gasteiger partial charge is 1.00 e. The fourth-order valence-electron chi connectivity index (χ4n) is 1.95. The van der Waals surface area contributed by atoms with Gasteiger partial charge >= 0.3 is 29.6 Å². The average molecular weight is 343 g/mol. The maximum atomic E-state index is 11.4. The Kier molecular flexibility index (Phi) is 17.7. The largest absolute Gasteiger partial charge is 1.00 e. The Balaban J connectivity index is -0.00000200. The molecule has 0 spiro atoms. The Bertz CT molecular complexity index is 391. The maximum Gasteiger partial charge on any atom is 1.00 e. The van der Waals surface area contributed by atoms with Gasteiger partial charge in [0.1, 0.15) is 0 Å². The third kappa shape index (κ3) is 16.5. The summed E-state index contributed by atoms with van der Waals surface area (Å²) in [6.07, 6.45) is 12.3. The molecule has 0 saturated heterocycles. The van der Waals surface area contributed by atoms with Gasteiger partial charge in [0.15, 0.2) is 0 Å². The van der Waals surface area contributed by atoms with E-state index < -0.39 is 16.0 Å². The first-order chi connectivity index (χ1) is 10.0. The molecule has 0 aliphatic rings. The van der Waals surface area contributed by atoms with Crippen molar-refractivity contribution in [2.75, 3.05) is 5.75 Å². The topological polar surface area (TPSA) is 72.5 Å². The van der Waals surface area contributed by atoms with Crippen molar-refractivity contribution in [3.63, 3.8) is 0 Å². The first-order valence-electron chi connectivity index (χ1n) is 7.85. The van der Waals surface area contributed by atoms with Gasteiger partial charge in [0.05, 0.1) is 5.75 Å². The Morgan fingerprint density at radius 3 is 1.95 bits per heavy atom. The van der Waals surface area contributed by atoms with Crippen LogP contribution in [0.3, 0.4) is 0 Å². The van der Waals surface area contributed by atoms with Crippen molar-refractivity contribution in [1.29, 1.82) is 0 Å². The molecule has 1 amide bonds. The van der Waals surface area contributed by atoms with E-state index in [1.165, 1.54) is 38.5 Å². The number of rotatable bonds is 14. The first kappa shape index (κ1) is 24.4. The Hall–Kier alpha value is 0.120. The maximum absolute atomic E-state index is 11.4. The molecule has 126 valence electrons. The minimum atomic E-state index is -3.67. The van der Waals surface area contributed by atoms with E-state index in [1.54, 1.807) is 0 Å². The van der Waals surface area contributed by atoms with Crippen molar-refractivity contribution in [1.82, 2.24) is 5.48 Å². The molecular weight excluding hydrogens is 313 g/mol. The van der Waals surface area contributed by atoms with Crippen LogP contribution in [-0.2, 0) is 19.2 Å². The average Bonchev–Trinajstić information content (AvgIpc) is 2.46. The van der Waals surface area contributed by atoms with Gasteiger partial charge in [-0.25, -0.2) is 5.48 Å². The van der Waals surface area contributed by atoms with Crippen molar-refractivity contribution >= 4 is 16.0 Å². The molecule has 0 heterocycles. The summed E-state index contributed by atoms with van der Waals surface area (Å²) in [5.74, 6) is -0.734. The minimum Gasteiger partial charge on any atom is -1.00 e. The van der Waals surface area contributed by atoms with Crippen LogP contribution in [0.1, 0.15) is 72.6 Å². The van der Waals surface area contributed by atoms with E-state index in [0.717, 1.165) is 25.3 Å². The predicted octanol–water partition coefficient (Wildman–Crippen LogP) is 0.587. The third-order valence-electron chi connectivity index (χ3n) is 3.20. The predicted molar refractivity (Wildman–Crippen MR) is 86.2 cm³/mol. The van der Waals surface area contributed by atoms with Gasteiger partial charge < -0.3 is 1.43 Å². The zero-order chi connectivity index (χ0) is 16.0. The molecule has 0 aliphatic heterocycles. The van der Waals surface area contributed by atoms with Crippen LogP contribution in [-0.4, -0.2) is 20.1 Å². The second-order valence-corrected chi connectivity index (χ2v) is 6.89. The molecule has 0 radical (unpaired) electrons. The Labute approximate surface area is 159 Å². The molecule has 0 atom stereocenters. The minimum absolute atomic E-state index is 0. The monoisotopic (exact) mass is 343 g/mol. The number of hydrogen-bond acceptors (Lipinski definition) is 4. The van der Waals surface area contributed by atoms with E-state index >= 15 is 0 Å². The number of amides is 1. The standard InChI is InChI=1S/C15H29NO4S.Na.H/c1-3-5-6-7-8-9-10-11-12-13-14-21(18,19)20-16-15(17)4-2;;/h4H,2-3,5-14H2,1H3,(H,16,17);;/q;+1;-1. The summed E-state index contributed by atoms with van der Waals surface area (Å²) in [6.45, 7) is 5.41. The molecule has 7 heteroatoms. The molecule has 0 aromatic heterocycles. The van der Waals surface area contributed by atoms with Gasteiger partial charge in [0, 0.05) is 0 Å². The molecule has 0 saturated carbocycles. The van der Waals surface area contributed by atoms with Crippen molar-refractivity contribution in [2.24, 2.45) is 0 Å². The van der Waals surface area contributed by atoms with E-state index in [9.17, 15) is 13.2 Å². The van der Waals surface area contributed by atoms with E-state index in [2.05, 4.69) is 17.8 Å². The van der Waals surface area contributed by atoms with Crippen molar-refractivity contribution in [2.45, 2.75) is 71.1 Å². The molecule has 0 rings (SSSR count). The van der Waals surface area contributed by atoms with E-state index in [-0.39, 0.29) is 36.7 Å². The fraction of sp³-hybridized carbons (Fsp3) is 0.800. The van der Waals surface area contributed by atoms with Gasteiger partial charge in [-0.3, -0.25) is 4.79 Å². The summed E-state index contributed by atoms with van der Waals surface area (Å²) in [7, 11) is -3.67. The van der Waals surface area contributed by atoms with Crippen LogP contribution in [0.2, 0.25) is 0 Å². The van der Waals surface area contributed by atoms with Crippen LogP contribution < -0.4 is 35.0 Å². The SMILES string of the molecule is C=CC(=O)NOS(=O)(=O)CCCCCCCCCCCC.[H-].[Na+]. The molecular formula is C15H30NNaO4S. The summed E-state index contributed by atoms with van der Waals surface area (Å²) in [5, 5.41) is 0. The van der Waals surface area contributed by atoms with Crippen LogP contribution in [0.25, 0.3) is 0 Å². The first-order valence-corrected chi connectivity index (χ1v) is 9.43. The molecule has 0 aromatic carbocycles. The second kappa shape index (κ2) is 16.0. The number of carbonyl (C=O) groups is 1. The molecule has 22 heavy (non-hydrogen) atoms. The number of hydroxylamine groups is 1. The van der Waals surface area contributed by atoms with Crippen LogP contribution in [0.15, 0.2) is 12.7 Å². The molecule has 0 aromatic rings. The van der Waals surface area contributed by atoms with Crippen LogP contribution >= 0.6 is 0 Å². The number of carbonyl (C=O) groups excluding carboxylic acids is 1. The van der Waals surface area contributed by atoms with Crippen molar-refractivity contribution in [3.05, 3.63) is 12.7 Å². The van der Waals surface area contributed by atoms with Crippen LogP contribution in [0.4, 0.5) is 0 Å². The number of nitrogens with one attached hydrogen (secondary N) is 1. The molecule has 0 fully saturated rings. The van der Waals surface area contributed by atoms with Gasteiger partial charge in [-0.2, -0.15) is 8.42 Å². The third-order valence-corrected chi connectivity index (χ3v) is 4.33. The van der Waals surface area contributed by atoms with Gasteiger partial charge in [0.25, 0.3) is 16.0 Å². The summed E-state index contributed by atoms with van der Waals surface area (Å²) in [6, 6.07) is 0. The van der Waals surface area contributed by atoms with E-state index in [1.807, 2.05) is 5.48 Å². The Morgan fingerprint density at radius 1 is 1.05 bits per heavy atom. The van der Waals surface area contributed by atoms with Gasteiger partial charge in [-0.15, -0.1) is 4.28 Å². The van der Waals surface area contributed by atoms with E-state index in [4.69, 9.17) is 0 Å². The van der Waals surface area contributed by atoms with Crippen LogP contribution in [0, 0.1) is 0 Å². The van der Waals surface area contributed by atoms with Gasteiger partial charge in [0.2, 0.25) is 0 Å². The summed E-state index contributed by atoms with van der Waals surface area (Å²) in [4.78, 5) is 10.8. The van der Waals surface area contributed by atoms with Crippen molar-refractivity contribution in [3.8, 4) is 0 Å². The molecule has 1 N–H and O–H groups in total. The van der Waals surface area contributed by atoms with Crippen molar-refractivity contribution < 1.29 is 48.5 Å². The zero-order valence-electron chi connectivity index (χ0n) is 15.1. The van der Waals surface area contributed by atoms with Crippen LogP contribution in [0.5, 0.6) is 0 Å². The summed E-state index contributed by atoms with van der Waals surface area (Å²) in [5.41, 5.74) is 1.81. The van der Waals surface area contributed by atoms with Gasteiger partial charge in [-0.05, 0) is 12.5 Å². The molecule has 0 unspecified atom stereocenters. The summed E-state index contributed by atoms with van der Waals surface area (Å²) >= 11 is 0. The number of unbranched alkanes of at least 4 members (excludes halogenated alkanes) is 9.